The van der Waals surface area contributed by atoms with Gasteiger partial charge in [-0.2, -0.15) is 0 Å². The van der Waals surface area contributed by atoms with Gasteiger partial charge in [0.1, 0.15) is 0 Å². The maximum Gasteiger partial charge on any atom is 0.251 e. The van der Waals surface area contributed by atoms with Gasteiger partial charge in [0, 0.05) is 17.8 Å². The number of halogens is 1. The summed E-state index contributed by atoms with van der Waals surface area (Å²) in [5.74, 6) is 0.0337. The van der Waals surface area contributed by atoms with Crippen LogP contribution in [0, 0.1) is 0 Å². The number of hydrogen-bond donors (Lipinski definition) is 2. The number of anilines is 1. The summed E-state index contributed by atoms with van der Waals surface area (Å²) in [5, 5.41) is 6.50. The first-order valence-electron chi connectivity index (χ1n) is 7.57. The predicted octanol–water partition coefficient (Wildman–Crippen LogP) is 3.49. The van der Waals surface area contributed by atoms with Crippen LogP contribution in [-0.4, -0.2) is 12.5 Å². The van der Waals surface area contributed by atoms with E-state index >= 15 is 0 Å². The smallest absolute Gasteiger partial charge is 0.251 e. The molecule has 114 valence electrons. The Morgan fingerprint density at radius 1 is 1.09 bits per heavy atom. The summed E-state index contributed by atoms with van der Waals surface area (Å²) >= 11 is 0. The van der Waals surface area contributed by atoms with E-state index in [0.717, 1.165) is 37.1 Å². The number of amides is 1. The van der Waals surface area contributed by atoms with Crippen molar-refractivity contribution in [2.24, 2.45) is 0 Å². The van der Waals surface area contributed by atoms with Crippen LogP contribution < -0.4 is 10.6 Å². The minimum absolute atomic E-state index is 0. The van der Waals surface area contributed by atoms with Gasteiger partial charge in [0.25, 0.3) is 5.91 Å². The summed E-state index contributed by atoms with van der Waals surface area (Å²) < 4.78 is 0. The van der Waals surface area contributed by atoms with Gasteiger partial charge in [0.15, 0.2) is 0 Å². The van der Waals surface area contributed by atoms with E-state index in [4.69, 9.17) is 0 Å². The molecule has 0 radical (unpaired) electrons. The van der Waals surface area contributed by atoms with E-state index < -0.39 is 0 Å². The van der Waals surface area contributed by atoms with Crippen molar-refractivity contribution in [1.82, 2.24) is 5.32 Å². The van der Waals surface area contributed by atoms with Crippen molar-refractivity contribution in [3.8, 4) is 0 Å². The molecule has 2 N–H and O–H groups in total. The minimum atomic E-state index is 0. The molecule has 0 saturated carbocycles. The van der Waals surface area contributed by atoms with Crippen molar-refractivity contribution in [1.29, 1.82) is 0 Å². The first-order chi connectivity index (χ1) is 10.3. The molecule has 0 aromatic heterocycles. The van der Waals surface area contributed by atoms with Crippen LogP contribution >= 0.6 is 12.4 Å². The zero-order valence-electron chi connectivity index (χ0n) is 12.3. The predicted molar refractivity (Wildman–Crippen MR) is 90.9 cm³/mol. The SMILES string of the molecule is Cl.O=C(NC1CCc2ccccc21)c1ccc2c(c1)CCN2. The standard InChI is InChI=1S/C18H18N2O.ClH/c21-18(14-6-7-16-13(11-14)9-10-19-16)20-17-8-5-12-3-1-2-4-15(12)17;/h1-4,6-7,11,17,19H,5,8-10H2,(H,20,21);1H. The number of hydrogen-bond acceptors (Lipinski definition) is 2. The molecular weight excluding hydrogens is 296 g/mol. The fraction of sp³-hybridized carbons (Fsp3) is 0.278. The molecule has 4 heteroatoms. The van der Waals surface area contributed by atoms with Crippen LogP contribution in [0.15, 0.2) is 42.5 Å². The summed E-state index contributed by atoms with van der Waals surface area (Å²) in [6.07, 6.45) is 3.05. The van der Waals surface area contributed by atoms with Crippen LogP contribution in [0.25, 0.3) is 0 Å². The molecule has 1 atom stereocenters. The van der Waals surface area contributed by atoms with Gasteiger partial charge in [-0.25, -0.2) is 0 Å². The Morgan fingerprint density at radius 2 is 1.95 bits per heavy atom. The third-order valence-corrected chi connectivity index (χ3v) is 4.52. The molecule has 2 aliphatic rings. The van der Waals surface area contributed by atoms with E-state index in [1.165, 1.54) is 16.7 Å². The molecule has 22 heavy (non-hydrogen) atoms. The number of carbonyl (C=O) groups excluding carboxylic acids is 1. The van der Waals surface area contributed by atoms with Crippen LogP contribution in [0.5, 0.6) is 0 Å². The summed E-state index contributed by atoms with van der Waals surface area (Å²) in [4.78, 5) is 12.5. The third kappa shape index (κ3) is 2.57. The van der Waals surface area contributed by atoms with Crippen molar-refractivity contribution < 1.29 is 4.79 Å². The van der Waals surface area contributed by atoms with Crippen LogP contribution in [0.3, 0.4) is 0 Å². The van der Waals surface area contributed by atoms with Crippen LogP contribution in [0.4, 0.5) is 5.69 Å². The maximum absolute atomic E-state index is 12.5. The highest BCUT2D eigenvalue weighted by Gasteiger charge is 2.24. The molecule has 3 nitrogen and oxygen atoms in total. The highest BCUT2D eigenvalue weighted by atomic mass is 35.5. The summed E-state index contributed by atoms with van der Waals surface area (Å²) in [6.45, 7) is 0.969. The summed E-state index contributed by atoms with van der Waals surface area (Å²) in [5.41, 5.74) is 5.81. The second-order valence-electron chi connectivity index (χ2n) is 5.81. The number of rotatable bonds is 2. The van der Waals surface area contributed by atoms with E-state index in [1.54, 1.807) is 0 Å². The Bertz CT molecular complexity index is 714. The average Bonchev–Trinajstić information content (AvgIpc) is 3.13. The molecule has 1 unspecified atom stereocenters. The largest absolute Gasteiger partial charge is 0.384 e. The first-order valence-corrected chi connectivity index (χ1v) is 7.57. The molecule has 1 aliphatic heterocycles. The van der Waals surface area contributed by atoms with Gasteiger partial charge >= 0.3 is 0 Å². The zero-order valence-corrected chi connectivity index (χ0v) is 13.1. The lowest BCUT2D eigenvalue weighted by atomic mass is 10.1. The lowest BCUT2D eigenvalue weighted by Crippen LogP contribution is -2.27. The van der Waals surface area contributed by atoms with Crippen molar-refractivity contribution in [3.05, 3.63) is 64.7 Å². The Balaban J connectivity index is 0.00000144. The van der Waals surface area contributed by atoms with Gasteiger partial charge < -0.3 is 10.6 Å². The molecule has 0 fully saturated rings. The van der Waals surface area contributed by atoms with Crippen molar-refractivity contribution >= 4 is 24.0 Å². The van der Waals surface area contributed by atoms with E-state index in [0.29, 0.717) is 0 Å². The molecule has 1 heterocycles. The van der Waals surface area contributed by atoms with Crippen LogP contribution in [-0.2, 0) is 12.8 Å². The third-order valence-electron chi connectivity index (χ3n) is 4.52. The molecule has 2 aromatic rings. The summed E-state index contributed by atoms with van der Waals surface area (Å²) in [7, 11) is 0. The second kappa shape index (κ2) is 6.01. The number of fused-ring (bicyclic) bond motifs is 2. The highest BCUT2D eigenvalue weighted by molar-refractivity contribution is 5.95. The van der Waals surface area contributed by atoms with E-state index in [-0.39, 0.29) is 24.4 Å². The lowest BCUT2D eigenvalue weighted by molar-refractivity contribution is 0.0936. The van der Waals surface area contributed by atoms with E-state index in [1.807, 2.05) is 24.3 Å². The monoisotopic (exact) mass is 314 g/mol. The second-order valence-corrected chi connectivity index (χ2v) is 5.81. The minimum Gasteiger partial charge on any atom is -0.384 e. The van der Waals surface area contributed by atoms with Crippen LogP contribution in [0.1, 0.15) is 39.5 Å². The molecule has 0 saturated heterocycles. The molecule has 0 bridgehead atoms. The number of carbonyl (C=O) groups is 1. The molecule has 2 aromatic carbocycles. The quantitative estimate of drug-likeness (QED) is 0.891. The summed E-state index contributed by atoms with van der Waals surface area (Å²) in [6, 6.07) is 14.5. The van der Waals surface area contributed by atoms with Gasteiger partial charge in [-0.3, -0.25) is 4.79 Å². The fourth-order valence-electron chi connectivity index (χ4n) is 3.39. The van der Waals surface area contributed by atoms with Gasteiger partial charge in [-0.1, -0.05) is 24.3 Å². The van der Waals surface area contributed by atoms with Gasteiger partial charge in [-0.05, 0) is 54.2 Å². The van der Waals surface area contributed by atoms with E-state index in [9.17, 15) is 4.79 Å². The molecule has 0 spiro atoms. The molecular formula is C18H19ClN2O. The Hall–Kier alpha value is -2.00. The maximum atomic E-state index is 12.5. The lowest BCUT2D eigenvalue weighted by Gasteiger charge is -2.14. The Labute approximate surface area is 136 Å². The Kier molecular flexibility index (Phi) is 4.08. The number of aryl methyl sites for hydroxylation is 1. The highest BCUT2D eigenvalue weighted by Crippen LogP contribution is 2.31. The van der Waals surface area contributed by atoms with E-state index in [2.05, 4.69) is 28.8 Å². The first kappa shape index (κ1) is 14.9. The van der Waals surface area contributed by atoms with Gasteiger partial charge in [-0.15, -0.1) is 12.4 Å². The van der Waals surface area contributed by atoms with Crippen molar-refractivity contribution in [3.63, 3.8) is 0 Å². The zero-order chi connectivity index (χ0) is 14.2. The number of benzene rings is 2. The van der Waals surface area contributed by atoms with Gasteiger partial charge in [0.2, 0.25) is 0 Å². The average molecular weight is 315 g/mol. The number of nitrogens with one attached hydrogen (secondary N) is 2. The topological polar surface area (TPSA) is 41.1 Å². The Morgan fingerprint density at radius 3 is 2.86 bits per heavy atom. The normalized spacial score (nSPS) is 17.9. The molecule has 4 rings (SSSR count). The van der Waals surface area contributed by atoms with Crippen LogP contribution in [0.2, 0.25) is 0 Å². The fourth-order valence-corrected chi connectivity index (χ4v) is 3.39. The van der Waals surface area contributed by atoms with Crippen molar-refractivity contribution in [2.75, 3.05) is 11.9 Å². The van der Waals surface area contributed by atoms with Crippen molar-refractivity contribution in [2.45, 2.75) is 25.3 Å². The molecule has 1 aliphatic carbocycles. The van der Waals surface area contributed by atoms with Gasteiger partial charge in [0.05, 0.1) is 6.04 Å². The molecule has 1 amide bonds.